The average Bonchev–Trinajstić information content (AvgIpc) is 2.85. The van der Waals surface area contributed by atoms with E-state index in [1.807, 2.05) is 13.1 Å². The van der Waals surface area contributed by atoms with Crippen molar-refractivity contribution in [2.24, 2.45) is 12.5 Å². The highest BCUT2D eigenvalue weighted by molar-refractivity contribution is 6.00. The first-order valence-electron chi connectivity index (χ1n) is 9.70. The number of amides is 1. The van der Waals surface area contributed by atoms with Crippen LogP contribution in [0.15, 0.2) is 18.3 Å². The first kappa shape index (κ1) is 19.5. The van der Waals surface area contributed by atoms with Crippen LogP contribution < -0.4 is 5.32 Å². The Kier molecular flexibility index (Phi) is 3.78. The summed E-state index contributed by atoms with van der Waals surface area (Å²) in [6.07, 6.45) is -3.71. The minimum absolute atomic E-state index is 0.145. The molecule has 3 fully saturated rings. The van der Waals surface area contributed by atoms with E-state index < -0.39 is 46.8 Å². The summed E-state index contributed by atoms with van der Waals surface area (Å²) in [5, 5.41) is 17.4. The Morgan fingerprint density at radius 1 is 1.37 bits per heavy atom. The van der Waals surface area contributed by atoms with Crippen molar-refractivity contribution < 1.29 is 27.8 Å². The third-order valence-corrected chi connectivity index (χ3v) is 6.80. The Balaban J connectivity index is 1.52. The van der Waals surface area contributed by atoms with Crippen molar-refractivity contribution in [1.29, 1.82) is 0 Å². The summed E-state index contributed by atoms with van der Waals surface area (Å²) < 4.78 is 47.1. The molecule has 0 unspecified atom stereocenters. The number of aliphatic hydroxyl groups excluding tert-OH is 1. The number of aromatic nitrogens is 3. The van der Waals surface area contributed by atoms with E-state index in [0.29, 0.717) is 12.8 Å². The van der Waals surface area contributed by atoms with Gasteiger partial charge in [-0.05, 0) is 32.4 Å². The molecule has 3 aliphatic rings. The Labute approximate surface area is 170 Å². The molecule has 1 saturated carbocycles. The number of ether oxygens (including phenoxy) is 1. The van der Waals surface area contributed by atoms with E-state index >= 15 is 0 Å². The third-order valence-electron chi connectivity index (χ3n) is 6.80. The van der Waals surface area contributed by atoms with Crippen LogP contribution in [0.25, 0.3) is 0 Å². The highest BCUT2D eigenvalue weighted by atomic mass is 19.4. The number of anilines is 1. The quantitative estimate of drug-likeness (QED) is 0.792. The van der Waals surface area contributed by atoms with Gasteiger partial charge in [0.1, 0.15) is 5.82 Å². The first-order chi connectivity index (χ1) is 14.0. The summed E-state index contributed by atoms with van der Waals surface area (Å²) in [6, 6.07) is 1.77. The Morgan fingerprint density at radius 3 is 2.73 bits per heavy atom. The molecule has 10 heteroatoms. The van der Waals surface area contributed by atoms with E-state index in [4.69, 9.17) is 4.74 Å². The van der Waals surface area contributed by atoms with Crippen molar-refractivity contribution in [3.63, 3.8) is 0 Å². The average molecular weight is 422 g/mol. The molecular formula is C20H21F3N4O3. The smallest absolute Gasteiger partial charge is 0.390 e. The Bertz CT molecular complexity index is 1070. The predicted molar refractivity (Wildman–Crippen MR) is 98.6 cm³/mol. The molecule has 2 aromatic heterocycles. The maximum absolute atomic E-state index is 13.4. The van der Waals surface area contributed by atoms with Crippen molar-refractivity contribution in [3.05, 3.63) is 40.8 Å². The summed E-state index contributed by atoms with van der Waals surface area (Å²) in [5.41, 5.74) is -0.846. The maximum Gasteiger partial charge on any atom is 0.416 e. The zero-order valence-electron chi connectivity index (χ0n) is 16.6. The minimum atomic E-state index is -4.54. The van der Waals surface area contributed by atoms with E-state index in [0.717, 1.165) is 23.4 Å². The van der Waals surface area contributed by atoms with Crippen LogP contribution in [0.3, 0.4) is 0 Å². The number of halogens is 3. The fourth-order valence-corrected chi connectivity index (χ4v) is 5.66. The van der Waals surface area contributed by atoms with Crippen LogP contribution in [0, 0.1) is 19.3 Å². The second-order valence-electron chi connectivity index (χ2n) is 8.60. The van der Waals surface area contributed by atoms with Crippen LogP contribution in [0.5, 0.6) is 0 Å². The fraction of sp³-hybridized carbons (Fsp3) is 0.550. The molecule has 0 spiro atoms. The van der Waals surface area contributed by atoms with E-state index in [-0.39, 0.29) is 11.5 Å². The molecule has 5 rings (SSSR count). The molecular weight excluding hydrogens is 401 g/mol. The number of aryl methyl sites for hydroxylation is 3. The lowest BCUT2D eigenvalue weighted by Gasteiger charge is -2.29. The number of alkyl halides is 3. The summed E-state index contributed by atoms with van der Waals surface area (Å²) in [5.74, 6) is -0.579. The number of hydrogen-bond acceptors (Lipinski definition) is 5. The Morgan fingerprint density at radius 2 is 2.10 bits per heavy atom. The zero-order chi connectivity index (χ0) is 21.6. The topological polar surface area (TPSA) is 89.3 Å². The molecule has 0 aromatic carbocycles. The van der Waals surface area contributed by atoms with Crippen LogP contribution >= 0.6 is 0 Å². The minimum Gasteiger partial charge on any atom is -0.390 e. The summed E-state index contributed by atoms with van der Waals surface area (Å²) >= 11 is 0. The lowest BCUT2D eigenvalue weighted by atomic mass is 9.74. The van der Waals surface area contributed by atoms with E-state index in [2.05, 4.69) is 15.4 Å². The van der Waals surface area contributed by atoms with Gasteiger partial charge in [0.15, 0.2) is 0 Å². The van der Waals surface area contributed by atoms with Crippen molar-refractivity contribution in [2.45, 2.75) is 56.6 Å². The van der Waals surface area contributed by atoms with Gasteiger partial charge in [-0.2, -0.15) is 18.3 Å². The van der Waals surface area contributed by atoms with Crippen molar-refractivity contribution >= 4 is 11.7 Å². The van der Waals surface area contributed by atoms with Gasteiger partial charge in [0, 0.05) is 36.3 Å². The van der Waals surface area contributed by atoms with E-state index in [1.165, 1.54) is 6.92 Å². The normalized spacial score (nSPS) is 34.2. The molecule has 2 saturated heterocycles. The van der Waals surface area contributed by atoms with E-state index in [9.17, 15) is 23.1 Å². The monoisotopic (exact) mass is 422 g/mol. The second kappa shape index (κ2) is 5.82. The molecule has 4 heterocycles. The highest BCUT2D eigenvalue weighted by Gasteiger charge is 2.87. The van der Waals surface area contributed by atoms with Crippen LogP contribution in [0.1, 0.15) is 35.4 Å². The third kappa shape index (κ3) is 2.37. The summed E-state index contributed by atoms with van der Waals surface area (Å²) in [4.78, 5) is 17.5. The van der Waals surface area contributed by atoms with Gasteiger partial charge in [-0.15, -0.1) is 0 Å². The standard InChI is InChI=1S/C20H21F3N4O3/c1-9-4-11(20(21,22)23)5-15(24-9)25-17(29)19-8-18(19,12-7-27(3)26-10(12)2)16-13(28)6-14(19)30-16/h4-5,7,13-14,16,28H,6,8H2,1-3H3,(H,24,25,29)/t13-,14+,16-,18+,19+/m0/s1. The number of rotatable bonds is 3. The molecule has 1 aliphatic carbocycles. The van der Waals surface area contributed by atoms with Gasteiger partial charge in [0.05, 0.1) is 35.0 Å². The van der Waals surface area contributed by atoms with Gasteiger partial charge >= 0.3 is 6.18 Å². The Hall–Kier alpha value is -2.46. The van der Waals surface area contributed by atoms with Crippen molar-refractivity contribution in [2.75, 3.05) is 5.32 Å². The fourth-order valence-electron chi connectivity index (χ4n) is 5.66. The number of pyridine rings is 1. The molecule has 30 heavy (non-hydrogen) atoms. The van der Waals surface area contributed by atoms with E-state index in [1.54, 1.807) is 11.7 Å². The number of carbonyl (C=O) groups excluding carboxylic acids is 1. The number of nitrogens with one attached hydrogen (secondary N) is 1. The SMILES string of the molecule is Cc1cc(C(F)(F)F)cc(NC(=O)[C@]23C[C@@]2(c2cn(C)nc2C)[C@H]2O[C@@H]3C[C@@H]2O)n1. The molecule has 1 amide bonds. The number of nitrogens with zero attached hydrogens (tertiary/aromatic N) is 3. The molecule has 2 aromatic rings. The predicted octanol–water partition coefficient (Wildman–Crippen LogP) is 2.25. The molecule has 160 valence electrons. The lowest BCUT2D eigenvalue weighted by molar-refractivity contribution is -0.137. The number of carbonyl (C=O) groups is 1. The van der Waals surface area contributed by atoms with Gasteiger partial charge in [-0.1, -0.05) is 0 Å². The van der Waals surface area contributed by atoms with Gasteiger partial charge < -0.3 is 15.2 Å². The lowest BCUT2D eigenvalue weighted by Crippen LogP contribution is -2.44. The highest BCUT2D eigenvalue weighted by Crippen LogP contribution is 2.78. The van der Waals surface area contributed by atoms with Crippen LogP contribution in [0.2, 0.25) is 0 Å². The number of aliphatic hydroxyl groups is 1. The second-order valence-corrected chi connectivity index (χ2v) is 8.60. The van der Waals surface area contributed by atoms with Crippen LogP contribution in [-0.4, -0.2) is 44.1 Å². The summed E-state index contributed by atoms with van der Waals surface area (Å²) in [6.45, 7) is 3.28. The maximum atomic E-state index is 13.4. The molecule has 2 N–H and O–H groups in total. The van der Waals surface area contributed by atoms with Crippen molar-refractivity contribution in [1.82, 2.24) is 14.8 Å². The molecule has 2 bridgehead atoms. The number of fused-ring (bicyclic) bond motifs is 5. The molecule has 0 radical (unpaired) electrons. The number of hydrogen-bond donors (Lipinski definition) is 2. The van der Waals surface area contributed by atoms with Crippen LogP contribution in [-0.2, 0) is 28.2 Å². The van der Waals surface area contributed by atoms with Crippen LogP contribution in [0.4, 0.5) is 19.0 Å². The summed E-state index contributed by atoms with van der Waals surface area (Å²) in [7, 11) is 1.77. The molecule has 5 atom stereocenters. The van der Waals surface area contributed by atoms with Gasteiger partial charge in [-0.3, -0.25) is 9.48 Å². The van der Waals surface area contributed by atoms with Gasteiger partial charge in [-0.25, -0.2) is 4.98 Å². The zero-order valence-corrected chi connectivity index (χ0v) is 16.6. The van der Waals surface area contributed by atoms with Gasteiger partial charge in [0.2, 0.25) is 5.91 Å². The van der Waals surface area contributed by atoms with Gasteiger partial charge in [0.25, 0.3) is 0 Å². The first-order valence-corrected chi connectivity index (χ1v) is 9.70. The largest absolute Gasteiger partial charge is 0.416 e. The van der Waals surface area contributed by atoms with Crippen molar-refractivity contribution in [3.8, 4) is 0 Å². The molecule has 2 aliphatic heterocycles. The molecule has 7 nitrogen and oxygen atoms in total.